The van der Waals surface area contributed by atoms with Crippen molar-refractivity contribution < 1.29 is 0 Å². The first kappa shape index (κ1) is 34.2. The Kier molecular flexibility index (Phi) is 8.64. The minimum atomic E-state index is -0.0360. The molecule has 0 aliphatic carbocycles. The molecule has 2 atom stereocenters. The fourth-order valence-electron chi connectivity index (χ4n) is 8.64. The molecule has 5 heterocycles. The van der Waals surface area contributed by atoms with Gasteiger partial charge in [0.1, 0.15) is 6.04 Å². The smallest absolute Gasteiger partial charge is 0.101 e. The topological polar surface area (TPSA) is 72.3 Å². The van der Waals surface area contributed by atoms with E-state index in [9.17, 15) is 0 Å². The average molecular weight is 737 g/mol. The first-order valence-corrected chi connectivity index (χ1v) is 19.5. The number of rotatable bonds is 9. The van der Waals surface area contributed by atoms with Crippen molar-refractivity contribution in [1.29, 1.82) is 0 Å². The standard InChI is InChI=1S/C51H40N6/c1-2-3-4-20-44(52)40-18-7-5-16-38(40)34-24-26-46-42(31-34)50-48(22-12-29-54-50)56(46)36-14-11-15-37(33-36)57-47-27-25-35(32-43(47)51-49(57)23-13-30-55-51)39-17-6-8-19-41(39)45-21-9-10-28-53-45/h2,5-33,48,50H,1,3-4,52H2/b44-20-. The molecular formula is C51H40N6. The molecule has 0 amide bonds. The van der Waals surface area contributed by atoms with Crippen LogP contribution in [0.1, 0.15) is 30.0 Å². The molecule has 0 bridgehead atoms. The van der Waals surface area contributed by atoms with E-state index in [0.29, 0.717) is 0 Å². The molecule has 6 heteroatoms. The van der Waals surface area contributed by atoms with Crippen LogP contribution in [0.4, 0.5) is 11.4 Å². The van der Waals surface area contributed by atoms with E-state index in [1.54, 1.807) is 0 Å². The van der Waals surface area contributed by atoms with Gasteiger partial charge in [-0.3, -0.25) is 15.0 Å². The van der Waals surface area contributed by atoms with Crippen LogP contribution in [-0.2, 0) is 0 Å². The summed E-state index contributed by atoms with van der Waals surface area (Å²) in [5.74, 6) is 0. The summed E-state index contributed by atoms with van der Waals surface area (Å²) in [6.45, 7) is 3.86. The maximum atomic E-state index is 6.65. The Hall–Kier alpha value is -7.31. The van der Waals surface area contributed by atoms with Gasteiger partial charge in [0.15, 0.2) is 0 Å². The highest BCUT2D eigenvalue weighted by atomic mass is 15.2. The maximum absolute atomic E-state index is 6.65. The number of unbranched alkanes of at least 4 members (excludes halogenated alkanes) is 1. The van der Waals surface area contributed by atoms with E-state index in [0.717, 1.165) is 96.6 Å². The van der Waals surface area contributed by atoms with Gasteiger partial charge in [-0.05, 0) is 108 Å². The molecule has 0 spiro atoms. The second-order valence-electron chi connectivity index (χ2n) is 14.6. The summed E-state index contributed by atoms with van der Waals surface area (Å²) in [6.07, 6.45) is 15.8. The number of hydrogen-bond donors (Lipinski definition) is 1. The van der Waals surface area contributed by atoms with Crippen molar-refractivity contribution in [3.63, 3.8) is 0 Å². The van der Waals surface area contributed by atoms with E-state index in [2.05, 4.69) is 161 Å². The van der Waals surface area contributed by atoms with Gasteiger partial charge >= 0.3 is 0 Å². The van der Waals surface area contributed by atoms with Crippen LogP contribution in [0, 0.1) is 0 Å². The predicted octanol–water partition coefficient (Wildman–Crippen LogP) is 12.0. The van der Waals surface area contributed by atoms with Gasteiger partial charge in [-0.1, -0.05) is 91.0 Å². The summed E-state index contributed by atoms with van der Waals surface area (Å²) < 4.78 is 2.34. The summed E-state index contributed by atoms with van der Waals surface area (Å²) in [4.78, 5) is 17.1. The normalized spacial score (nSPS) is 15.9. The first-order valence-electron chi connectivity index (χ1n) is 19.5. The lowest BCUT2D eigenvalue weighted by Crippen LogP contribution is -2.28. The molecule has 2 unspecified atom stereocenters. The Morgan fingerprint density at radius 2 is 1.47 bits per heavy atom. The highest BCUT2D eigenvalue weighted by Gasteiger charge is 2.39. The van der Waals surface area contributed by atoms with E-state index in [1.165, 1.54) is 5.56 Å². The molecule has 3 aromatic heterocycles. The van der Waals surface area contributed by atoms with Gasteiger partial charge in [-0.15, -0.1) is 6.58 Å². The molecule has 274 valence electrons. The minimum Gasteiger partial charge on any atom is -0.398 e. The number of anilines is 2. The molecule has 8 aromatic rings. The highest BCUT2D eigenvalue weighted by molar-refractivity contribution is 6.09. The number of allylic oxidation sites excluding steroid dienone is 3. The summed E-state index contributed by atoms with van der Waals surface area (Å²) in [6, 6.07) is 49.5. The van der Waals surface area contributed by atoms with Crippen molar-refractivity contribution >= 4 is 45.2 Å². The van der Waals surface area contributed by atoms with E-state index in [1.807, 2.05) is 42.9 Å². The lowest BCUT2D eigenvalue weighted by molar-refractivity contribution is 0.667. The number of fused-ring (bicyclic) bond motifs is 6. The predicted molar refractivity (Wildman–Crippen MR) is 237 cm³/mol. The van der Waals surface area contributed by atoms with Crippen LogP contribution in [0.2, 0.25) is 0 Å². The molecule has 0 radical (unpaired) electrons. The quantitative estimate of drug-likeness (QED) is 0.118. The van der Waals surface area contributed by atoms with Crippen molar-refractivity contribution in [2.75, 3.05) is 4.90 Å². The Labute approximate surface area is 332 Å². The van der Waals surface area contributed by atoms with Crippen LogP contribution >= 0.6 is 0 Å². The Morgan fingerprint density at radius 3 is 2.35 bits per heavy atom. The van der Waals surface area contributed by atoms with E-state index < -0.39 is 0 Å². The van der Waals surface area contributed by atoms with Crippen LogP contribution in [0.25, 0.3) is 66.8 Å². The zero-order valence-electron chi connectivity index (χ0n) is 31.4. The van der Waals surface area contributed by atoms with Crippen molar-refractivity contribution in [1.82, 2.24) is 14.5 Å². The summed E-state index contributed by atoms with van der Waals surface area (Å²) >= 11 is 0. The molecule has 0 saturated carbocycles. The van der Waals surface area contributed by atoms with Crippen LogP contribution in [-0.4, -0.2) is 26.8 Å². The molecule has 5 aromatic carbocycles. The third-order valence-corrected chi connectivity index (χ3v) is 11.2. The zero-order chi connectivity index (χ0) is 38.3. The van der Waals surface area contributed by atoms with E-state index >= 15 is 0 Å². The number of pyridine rings is 2. The Balaban J connectivity index is 1.06. The molecule has 0 fully saturated rings. The fourth-order valence-corrected chi connectivity index (χ4v) is 8.64. The number of benzene rings is 5. The lowest BCUT2D eigenvalue weighted by Gasteiger charge is -2.28. The first-order chi connectivity index (χ1) is 28.2. The minimum absolute atomic E-state index is 0.0360. The van der Waals surface area contributed by atoms with Crippen LogP contribution in [0.3, 0.4) is 0 Å². The molecular weight excluding hydrogens is 697 g/mol. The number of hydrogen-bond acceptors (Lipinski definition) is 5. The fraction of sp³-hybridized carbons (Fsp3) is 0.0784. The van der Waals surface area contributed by atoms with Gasteiger partial charge in [-0.25, -0.2) is 0 Å². The summed E-state index contributed by atoms with van der Waals surface area (Å²) in [5.41, 5.74) is 22.7. The molecule has 0 saturated heterocycles. The van der Waals surface area contributed by atoms with Crippen LogP contribution in [0.15, 0.2) is 188 Å². The van der Waals surface area contributed by atoms with Crippen molar-refractivity contribution in [2.24, 2.45) is 10.7 Å². The van der Waals surface area contributed by atoms with Crippen LogP contribution in [0.5, 0.6) is 0 Å². The molecule has 10 rings (SSSR count). The largest absolute Gasteiger partial charge is 0.398 e. The Bertz CT molecular complexity index is 2920. The molecule has 57 heavy (non-hydrogen) atoms. The molecule has 2 aliphatic heterocycles. The third-order valence-electron chi connectivity index (χ3n) is 11.2. The van der Waals surface area contributed by atoms with Crippen molar-refractivity contribution in [2.45, 2.75) is 24.9 Å². The summed E-state index contributed by atoms with van der Waals surface area (Å²) in [7, 11) is 0. The maximum Gasteiger partial charge on any atom is 0.101 e. The zero-order valence-corrected chi connectivity index (χ0v) is 31.4. The third kappa shape index (κ3) is 5.94. The van der Waals surface area contributed by atoms with Crippen molar-refractivity contribution in [3.05, 3.63) is 194 Å². The van der Waals surface area contributed by atoms with E-state index in [4.69, 9.17) is 15.7 Å². The van der Waals surface area contributed by atoms with Gasteiger partial charge in [0.25, 0.3) is 0 Å². The van der Waals surface area contributed by atoms with Crippen LogP contribution < -0.4 is 10.6 Å². The number of dihydropyridines is 1. The lowest BCUT2D eigenvalue weighted by atomic mass is 9.93. The Morgan fingerprint density at radius 1 is 0.684 bits per heavy atom. The molecule has 2 aliphatic rings. The number of nitrogens with zero attached hydrogens (tertiary/aromatic N) is 5. The van der Waals surface area contributed by atoms with Gasteiger partial charge in [0, 0.05) is 63.4 Å². The monoisotopic (exact) mass is 736 g/mol. The molecule has 2 N–H and O–H groups in total. The van der Waals surface area contributed by atoms with Gasteiger partial charge in [0.05, 0.1) is 28.3 Å². The van der Waals surface area contributed by atoms with Gasteiger partial charge in [-0.2, -0.15) is 0 Å². The average Bonchev–Trinajstić information content (AvgIpc) is 3.79. The second-order valence-corrected chi connectivity index (χ2v) is 14.6. The van der Waals surface area contributed by atoms with Crippen molar-refractivity contribution in [3.8, 4) is 39.2 Å². The number of aliphatic imine (C=N–C) groups is 1. The van der Waals surface area contributed by atoms with Gasteiger partial charge < -0.3 is 15.2 Å². The molecule has 6 nitrogen and oxygen atoms in total. The van der Waals surface area contributed by atoms with Gasteiger partial charge in [0.2, 0.25) is 0 Å². The second kappa shape index (κ2) is 14.4. The number of aromatic nitrogens is 3. The SMILES string of the molecule is C=CCC/C=C(\N)c1ccccc1-c1ccc2c(c1)C1N=CC=CC1N2c1cccc(-n2c3ccc(-c4ccccc4-c4ccccn4)cc3c3ncccc32)c1. The summed E-state index contributed by atoms with van der Waals surface area (Å²) in [5, 5.41) is 1.10. The van der Waals surface area contributed by atoms with E-state index in [-0.39, 0.29) is 12.1 Å². The number of nitrogens with two attached hydrogens (primary N) is 1. The highest BCUT2D eigenvalue weighted by Crippen LogP contribution is 2.49.